The standard InChI is InChI=1S/C12H20N2O5/c15-12(19-10-6-2-1-3-7-10)11(13-16)8-4-5-9-14(17)18/h10,16H,1-9H2/b13-11-. The Labute approximate surface area is 111 Å². The molecule has 1 rings (SSSR count). The van der Waals surface area contributed by atoms with Gasteiger partial charge in [0.15, 0.2) is 5.71 Å². The third-order valence-electron chi connectivity index (χ3n) is 3.19. The average molecular weight is 272 g/mol. The van der Waals surface area contributed by atoms with E-state index in [2.05, 4.69) is 5.16 Å². The molecule has 0 unspecified atom stereocenters. The Balaban J connectivity index is 2.28. The van der Waals surface area contributed by atoms with Gasteiger partial charge in [-0.1, -0.05) is 11.6 Å². The fraction of sp³-hybridized carbons (Fsp3) is 0.833. The van der Waals surface area contributed by atoms with Crippen molar-refractivity contribution in [1.82, 2.24) is 0 Å². The quantitative estimate of drug-likeness (QED) is 0.191. The first-order valence-electron chi connectivity index (χ1n) is 6.67. The van der Waals surface area contributed by atoms with Gasteiger partial charge in [-0.2, -0.15) is 0 Å². The molecular weight excluding hydrogens is 252 g/mol. The predicted molar refractivity (Wildman–Crippen MR) is 67.9 cm³/mol. The lowest BCUT2D eigenvalue weighted by atomic mass is 9.98. The molecule has 7 heteroatoms. The van der Waals surface area contributed by atoms with Gasteiger partial charge in [0.25, 0.3) is 0 Å². The van der Waals surface area contributed by atoms with Crippen molar-refractivity contribution in [1.29, 1.82) is 0 Å². The van der Waals surface area contributed by atoms with Crippen LogP contribution in [-0.2, 0) is 9.53 Å². The van der Waals surface area contributed by atoms with Crippen LogP contribution in [0.4, 0.5) is 0 Å². The van der Waals surface area contributed by atoms with E-state index in [-0.39, 0.29) is 24.8 Å². The van der Waals surface area contributed by atoms with E-state index in [9.17, 15) is 14.9 Å². The lowest BCUT2D eigenvalue weighted by Gasteiger charge is -2.21. The number of esters is 1. The van der Waals surface area contributed by atoms with Crippen LogP contribution in [0.2, 0.25) is 0 Å². The minimum absolute atomic E-state index is 0.0473. The van der Waals surface area contributed by atoms with Gasteiger partial charge in [-0.15, -0.1) is 0 Å². The van der Waals surface area contributed by atoms with E-state index in [1.165, 1.54) is 0 Å². The van der Waals surface area contributed by atoms with E-state index in [1.54, 1.807) is 0 Å². The van der Waals surface area contributed by atoms with Gasteiger partial charge in [0.2, 0.25) is 6.54 Å². The number of oxime groups is 1. The summed E-state index contributed by atoms with van der Waals surface area (Å²) in [6.45, 7) is -0.142. The number of hydrogen-bond acceptors (Lipinski definition) is 6. The van der Waals surface area contributed by atoms with Gasteiger partial charge in [0.05, 0.1) is 0 Å². The molecule has 0 radical (unpaired) electrons. The second-order valence-electron chi connectivity index (χ2n) is 4.73. The zero-order valence-electron chi connectivity index (χ0n) is 10.9. The minimum atomic E-state index is -0.601. The van der Waals surface area contributed by atoms with Crippen LogP contribution in [0.1, 0.15) is 51.4 Å². The highest BCUT2D eigenvalue weighted by molar-refractivity contribution is 6.36. The van der Waals surface area contributed by atoms with E-state index in [0.29, 0.717) is 12.8 Å². The number of nitro groups is 1. The summed E-state index contributed by atoms with van der Waals surface area (Å²) in [7, 11) is 0. The maximum absolute atomic E-state index is 11.7. The average Bonchev–Trinajstić information content (AvgIpc) is 2.39. The van der Waals surface area contributed by atoms with Crippen molar-refractivity contribution in [2.45, 2.75) is 57.5 Å². The first-order chi connectivity index (χ1) is 9.13. The summed E-state index contributed by atoms with van der Waals surface area (Å²) >= 11 is 0. The maximum Gasteiger partial charge on any atom is 0.356 e. The number of rotatable bonds is 7. The van der Waals surface area contributed by atoms with Gasteiger partial charge >= 0.3 is 5.97 Å². The molecule has 0 spiro atoms. The van der Waals surface area contributed by atoms with E-state index < -0.39 is 10.9 Å². The Morgan fingerprint density at radius 1 is 1.32 bits per heavy atom. The third-order valence-corrected chi connectivity index (χ3v) is 3.19. The summed E-state index contributed by atoms with van der Waals surface area (Å²) in [5.74, 6) is -0.601. The Morgan fingerprint density at radius 3 is 2.58 bits per heavy atom. The number of unbranched alkanes of at least 4 members (excludes halogenated alkanes) is 1. The lowest BCUT2D eigenvalue weighted by Crippen LogP contribution is -2.26. The van der Waals surface area contributed by atoms with Gasteiger partial charge < -0.3 is 9.94 Å². The van der Waals surface area contributed by atoms with Crippen molar-refractivity contribution in [3.05, 3.63) is 10.1 Å². The molecule has 1 aliphatic carbocycles. The van der Waals surface area contributed by atoms with Crippen molar-refractivity contribution in [2.24, 2.45) is 5.16 Å². The van der Waals surface area contributed by atoms with E-state index in [1.807, 2.05) is 0 Å². The van der Waals surface area contributed by atoms with Gasteiger partial charge in [-0.05, 0) is 32.1 Å². The number of carbonyl (C=O) groups excluding carboxylic acids is 1. The molecule has 1 N–H and O–H groups in total. The number of ether oxygens (including phenoxy) is 1. The normalized spacial score (nSPS) is 17.2. The molecule has 0 amide bonds. The summed E-state index contributed by atoms with van der Waals surface area (Å²) in [6, 6.07) is 0. The third kappa shape index (κ3) is 6.17. The zero-order chi connectivity index (χ0) is 14.1. The van der Waals surface area contributed by atoms with Crippen LogP contribution in [-0.4, -0.2) is 34.5 Å². The highest BCUT2D eigenvalue weighted by Crippen LogP contribution is 2.20. The van der Waals surface area contributed by atoms with E-state index in [4.69, 9.17) is 9.94 Å². The molecular formula is C12H20N2O5. The molecule has 0 aliphatic heterocycles. The molecule has 0 heterocycles. The molecule has 1 saturated carbocycles. The molecule has 7 nitrogen and oxygen atoms in total. The first kappa shape index (κ1) is 15.4. The Kier molecular flexibility index (Phi) is 6.84. The van der Waals surface area contributed by atoms with E-state index >= 15 is 0 Å². The van der Waals surface area contributed by atoms with Crippen molar-refractivity contribution < 1.29 is 19.7 Å². The summed E-state index contributed by atoms with van der Waals surface area (Å²) in [5.41, 5.74) is -0.0473. The summed E-state index contributed by atoms with van der Waals surface area (Å²) in [4.78, 5) is 21.5. The van der Waals surface area contributed by atoms with Gasteiger partial charge in [0.1, 0.15) is 6.10 Å². The van der Waals surface area contributed by atoms with Crippen LogP contribution in [0, 0.1) is 10.1 Å². The fourth-order valence-corrected chi connectivity index (χ4v) is 2.13. The van der Waals surface area contributed by atoms with Crippen molar-refractivity contribution in [2.75, 3.05) is 6.54 Å². The highest BCUT2D eigenvalue weighted by atomic mass is 16.6. The zero-order valence-corrected chi connectivity index (χ0v) is 10.9. The van der Waals surface area contributed by atoms with Crippen molar-refractivity contribution in [3.63, 3.8) is 0 Å². The summed E-state index contributed by atoms with van der Waals surface area (Å²) in [5, 5.41) is 21.9. The lowest BCUT2D eigenvalue weighted by molar-refractivity contribution is -0.480. The second-order valence-corrected chi connectivity index (χ2v) is 4.73. The van der Waals surface area contributed by atoms with Crippen LogP contribution in [0.3, 0.4) is 0 Å². The molecule has 19 heavy (non-hydrogen) atoms. The molecule has 0 aromatic rings. The first-order valence-corrected chi connectivity index (χ1v) is 6.67. The molecule has 0 saturated heterocycles. The van der Waals surface area contributed by atoms with Crippen LogP contribution in [0.5, 0.6) is 0 Å². The smallest absolute Gasteiger partial charge is 0.356 e. The Hall–Kier alpha value is -1.66. The summed E-state index contributed by atoms with van der Waals surface area (Å²) in [6.07, 6.45) is 5.86. The molecule has 0 aromatic heterocycles. The summed E-state index contributed by atoms with van der Waals surface area (Å²) < 4.78 is 5.26. The van der Waals surface area contributed by atoms with Crippen LogP contribution in [0.25, 0.3) is 0 Å². The SMILES string of the molecule is O=C(OC1CCCCC1)/C(CCCC[N+](=O)[O-])=N\O. The van der Waals surface area contributed by atoms with Crippen molar-refractivity contribution >= 4 is 11.7 Å². The number of nitrogens with zero attached hydrogens (tertiary/aromatic N) is 2. The molecule has 108 valence electrons. The van der Waals surface area contributed by atoms with Gasteiger partial charge in [-0.25, -0.2) is 4.79 Å². The Bertz CT molecular complexity index is 337. The highest BCUT2D eigenvalue weighted by Gasteiger charge is 2.21. The Morgan fingerprint density at radius 2 is 2.00 bits per heavy atom. The molecule has 1 fully saturated rings. The van der Waals surface area contributed by atoms with Crippen LogP contribution in [0.15, 0.2) is 5.16 Å². The second kappa shape index (κ2) is 8.44. The van der Waals surface area contributed by atoms with E-state index in [0.717, 1.165) is 32.1 Å². The van der Waals surface area contributed by atoms with Crippen LogP contribution < -0.4 is 0 Å². The molecule has 1 aliphatic rings. The topological polar surface area (TPSA) is 102 Å². The maximum atomic E-state index is 11.7. The minimum Gasteiger partial charge on any atom is -0.458 e. The number of hydrogen-bond donors (Lipinski definition) is 1. The van der Waals surface area contributed by atoms with Gasteiger partial charge in [-0.3, -0.25) is 10.1 Å². The van der Waals surface area contributed by atoms with Gasteiger partial charge in [0, 0.05) is 17.8 Å². The monoisotopic (exact) mass is 272 g/mol. The van der Waals surface area contributed by atoms with Crippen LogP contribution >= 0.6 is 0 Å². The molecule has 0 atom stereocenters. The molecule has 0 aromatic carbocycles. The van der Waals surface area contributed by atoms with Crippen molar-refractivity contribution in [3.8, 4) is 0 Å². The largest absolute Gasteiger partial charge is 0.458 e. The predicted octanol–water partition coefficient (Wildman–Crippen LogP) is 2.14. The molecule has 0 bridgehead atoms. The fourth-order valence-electron chi connectivity index (χ4n) is 2.13. The number of carbonyl (C=O) groups is 1.